The van der Waals surface area contributed by atoms with E-state index in [0.717, 1.165) is 5.69 Å². The third kappa shape index (κ3) is 5.01. The number of hydrogen-bond donors (Lipinski definition) is 0. The Balaban J connectivity index is 2.64. The number of carbonyl (C=O) groups is 1. The molecule has 5 heteroatoms. The molecule has 0 N–H and O–H groups in total. The van der Waals surface area contributed by atoms with Crippen LogP contribution in [0.15, 0.2) is 30.5 Å². The minimum absolute atomic E-state index is 0.175. The Kier molecular flexibility index (Phi) is 6.53. The van der Waals surface area contributed by atoms with Crippen molar-refractivity contribution in [3.63, 3.8) is 0 Å². The standard InChI is InChI=1S/C14H18ClNO3/c1-10(14(17)19-3)5-4-6-13(18-2)12-9-11(15)7-8-16-12/h4,6-10,13H,5H2,1-3H3/b6-4+/t10-,13+/m1/s1. The van der Waals surface area contributed by atoms with Crippen LogP contribution in [-0.4, -0.2) is 25.2 Å². The summed E-state index contributed by atoms with van der Waals surface area (Å²) in [5.74, 6) is -0.398. The molecule has 1 heterocycles. The third-order valence-electron chi connectivity index (χ3n) is 2.69. The minimum Gasteiger partial charge on any atom is -0.469 e. The average Bonchev–Trinajstić information content (AvgIpc) is 2.42. The first-order valence-corrected chi connectivity index (χ1v) is 6.35. The molecule has 0 aliphatic rings. The second-order valence-corrected chi connectivity index (χ2v) is 4.58. The summed E-state index contributed by atoms with van der Waals surface area (Å²) < 4.78 is 10.00. The molecule has 19 heavy (non-hydrogen) atoms. The molecule has 0 aromatic carbocycles. The number of ether oxygens (including phenoxy) is 2. The maximum atomic E-state index is 11.3. The van der Waals surface area contributed by atoms with Crippen LogP contribution < -0.4 is 0 Å². The average molecular weight is 284 g/mol. The molecule has 0 fully saturated rings. The van der Waals surface area contributed by atoms with Crippen molar-refractivity contribution in [1.82, 2.24) is 4.98 Å². The van der Waals surface area contributed by atoms with Crippen molar-refractivity contribution >= 4 is 17.6 Å². The van der Waals surface area contributed by atoms with Gasteiger partial charge in [-0.15, -0.1) is 0 Å². The normalized spacial score (nSPS) is 14.3. The molecule has 0 saturated carbocycles. The number of aromatic nitrogens is 1. The van der Waals surface area contributed by atoms with E-state index in [9.17, 15) is 4.79 Å². The van der Waals surface area contributed by atoms with Crippen molar-refractivity contribution in [3.8, 4) is 0 Å². The monoisotopic (exact) mass is 283 g/mol. The van der Waals surface area contributed by atoms with Crippen molar-refractivity contribution in [1.29, 1.82) is 0 Å². The summed E-state index contributed by atoms with van der Waals surface area (Å²) in [6.07, 6.45) is 5.70. The Morgan fingerprint density at radius 3 is 2.84 bits per heavy atom. The highest BCUT2D eigenvalue weighted by Crippen LogP contribution is 2.19. The van der Waals surface area contributed by atoms with E-state index in [1.54, 1.807) is 25.4 Å². The molecule has 4 nitrogen and oxygen atoms in total. The number of nitrogens with zero attached hydrogens (tertiary/aromatic N) is 1. The number of carbonyl (C=O) groups excluding carboxylic acids is 1. The quantitative estimate of drug-likeness (QED) is 0.594. The molecule has 0 unspecified atom stereocenters. The van der Waals surface area contributed by atoms with Gasteiger partial charge in [-0.05, 0) is 18.6 Å². The lowest BCUT2D eigenvalue weighted by Crippen LogP contribution is -2.11. The van der Waals surface area contributed by atoms with Crippen LogP contribution in [0.5, 0.6) is 0 Å². The maximum Gasteiger partial charge on any atom is 0.308 e. The van der Waals surface area contributed by atoms with Crippen molar-refractivity contribution < 1.29 is 14.3 Å². The summed E-state index contributed by atoms with van der Waals surface area (Å²) in [6.45, 7) is 1.82. The van der Waals surface area contributed by atoms with Gasteiger partial charge in [0, 0.05) is 18.3 Å². The molecule has 0 bridgehead atoms. The number of halogens is 1. The lowest BCUT2D eigenvalue weighted by Gasteiger charge is -2.11. The highest BCUT2D eigenvalue weighted by Gasteiger charge is 2.12. The number of rotatable bonds is 6. The van der Waals surface area contributed by atoms with Crippen LogP contribution in [0.25, 0.3) is 0 Å². The molecule has 1 aromatic rings. The van der Waals surface area contributed by atoms with E-state index < -0.39 is 0 Å². The van der Waals surface area contributed by atoms with E-state index in [4.69, 9.17) is 16.3 Å². The fourth-order valence-electron chi connectivity index (χ4n) is 1.58. The van der Waals surface area contributed by atoms with Gasteiger partial charge in [-0.2, -0.15) is 0 Å². The highest BCUT2D eigenvalue weighted by molar-refractivity contribution is 6.30. The van der Waals surface area contributed by atoms with E-state index in [2.05, 4.69) is 9.72 Å². The molecular formula is C14H18ClNO3. The van der Waals surface area contributed by atoms with E-state index in [1.807, 2.05) is 19.1 Å². The lowest BCUT2D eigenvalue weighted by atomic mass is 10.1. The Labute approximate surface area is 118 Å². The Hall–Kier alpha value is -1.39. The van der Waals surface area contributed by atoms with Crippen LogP contribution in [0.1, 0.15) is 25.1 Å². The number of allylic oxidation sites excluding steroid dienone is 1. The van der Waals surface area contributed by atoms with Gasteiger partial charge in [0.25, 0.3) is 0 Å². The molecule has 104 valence electrons. The van der Waals surface area contributed by atoms with Gasteiger partial charge in [0.1, 0.15) is 6.10 Å². The molecule has 0 radical (unpaired) electrons. The van der Waals surface area contributed by atoms with Crippen molar-refractivity contribution in [2.75, 3.05) is 14.2 Å². The SMILES string of the molecule is COC(=O)[C@H](C)C/C=C/[C@H](OC)c1cc(Cl)ccn1. The first-order chi connectivity index (χ1) is 9.08. The van der Waals surface area contributed by atoms with Gasteiger partial charge in [0.05, 0.1) is 18.7 Å². The Morgan fingerprint density at radius 1 is 1.53 bits per heavy atom. The predicted molar refractivity (Wildman–Crippen MR) is 73.9 cm³/mol. The number of methoxy groups -OCH3 is 2. The molecule has 0 aliphatic heterocycles. The molecule has 1 aromatic heterocycles. The zero-order valence-corrected chi connectivity index (χ0v) is 12.1. The topological polar surface area (TPSA) is 48.4 Å². The van der Waals surface area contributed by atoms with E-state index in [0.29, 0.717) is 11.4 Å². The van der Waals surface area contributed by atoms with E-state index in [-0.39, 0.29) is 18.0 Å². The largest absolute Gasteiger partial charge is 0.469 e. The molecule has 2 atom stereocenters. The van der Waals surface area contributed by atoms with Crippen LogP contribution in [0.2, 0.25) is 5.02 Å². The van der Waals surface area contributed by atoms with Gasteiger partial charge in [-0.25, -0.2) is 0 Å². The summed E-state index contributed by atoms with van der Waals surface area (Å²) in [5.41, 5.74) is 0.733. The molecular weight excluding hydrogens is 266 g/mol. The second kappa shape index (κ2) is 7.92. The van der Waals surface area contributed by atoms with Gasteiger partial charge in [-0.1, -0.05) is 30.7 Å². The molecule has 0 spiro atoms. The Bertz CT molecular complexity index is 448. The molecule has 0 aliphatic carbocycles. The van der Waals surface area contributed by atoms with Crippen LogP contribution in [0.4, 0.5) is 0 Å². The molecule has 0 saturated heterocycles. The lowest BCUT2D eigenvalue weighted by molar-refractivity contribution is -0.144. The Morgan fingerprint density at radius 2 is 2.26 bits per heavy atom. The fraction of sp³-hybridized carbons (Fsp3) is 0.429. The fourth-order valence-corrected chi connectivity index (χ4v) is 1.75. The van der Waals surface area contributed by atoms with Crippen LogP contribution in [0, 0.1) is 5.92 Å². The number of pyridine rings is 1. The van der Waals surface area contributed by atoms with Crippen molar-refractivity contribution in [2.24, 2.45) is 5.92 Å². The maximum absolute atomic E-state index is 11.3. The van der Waals surface area contributed by atoms with Gasteiger partial charge in [0.15, 0.2) is 0 Å². The number of esters is 1. The van der Waals surface area contributed by atoms with E-state index in [1.165, 1.54) is 7.11 Å². The summed E-state index contributed by atoms with van der Waals surface area (Å²) >= 11 is 5.91. The van der Waals surface area contributed by atoms with Crippen LogP contribution >= 0.6 is 11.6 Å². The van der Waals surface area contributed by atoms with Gasteiger partial charge in [-0.3, -0.25) is 9.78 Å². The van der Waals surface area contributed by atoms with Gasteiger partial charge in [0.2, 0.25) is 0 Å². The molecule has 0 amide bonds. The summed E-state index contributed by atoms with van der Waals surface area (Å²) in [6, 6.07) is 3.46. The highest BCUT2D eigenvalue weighted by atomic mass is 35.5. The van der Waals surface area contributed by atoms with Gasteiger partial charge < -0.3 is 9.47 Å². The van der Waals surface area contributed by atoms with Crippen molar-refractivity contribution in [3.05, 3.63) is 41.2 Å². The zero-order valence-electron chi connectivity index (χ0n) is 11.3. The zero-order chi connectivity index (χ0) is 14.3. The smallest absolute Gasteiger partial charge is 0.308 e. The van der Waals surface area contributed by atoms with E-state index >= 15 is 0 Å². The predicted octanol–water partition coefficient (Wildman–Crippen LogP) is 3.18. The van der Waals surface area contributed by atoms with Crippen LogP contribution in [0.3, 0.4) is 0 Å². The van der Waals surface area contributed by atoms with Crippen molar-refractivity contribution in [2.45, 2.75) is 19.4 Å². The van der Waals surface area contributed by atoms with Crippen LogP contribution in [-0.2, 0) is 14.3 Å². The minimum atomic E-state index is -0.274. The van der Waals surface area contributed by atoms with Gasteiger partial charge >= 0.3 is 5.97 Å². The summed E-state index contributed by atoms with van der Waals surface area (Å²) in [7, 11) is 2.98. The number of hydrogen-bond acceptors (Lipinski definition) is 4. The first kappa shape index (κ1) is 15.7. The first-order valence-electron chi connectivity index (χ1n) is 5.97. The summed E-state index contributed by atoms with van der Waals surface area (Å²) in [5, 5.41) is 0.614. The molecule has 1 rings (SSSR count). The summed E-state index contributed by atoms with van der Waals surface area (Å²) in [4.78, 5) is 15.5. The third-order valence-corrected chi connectivity index (χ3v) is 2.93. The second-order valence-electron chi connectivity index (χ2n) is 4.14.